The highest BCUT2D eigenvalue weighted by atomic mass is 16.5. The molecule has 0 aromatic heterocycles. The average Bonchev–Trinajstić information content (AvgIpc) is 2.23. The number of aliphatic carboxylic acids is 1. The summed E-state index contributed by atoms with van der Waals surface area (Å²) < 4.78 is 5.65. The van der Waals surface area contributed by atoms with Crippen LogP contribution >= 0.6 is 0 Å². The minimum atomic E-state index is -0.737. The quantitative estimate of drug-likeness (QED) is 0.833. The van der Waals surface area contributed by atoms with Gasteiger partial charge in [0.1, 0.15) is 5.75 Å². The molecule has 1 aromatic carbocycles. The molecule has 0 saturated heterocycles. The molecule has 1 unspecified atom stereocenters. The van der Waals surface area contributed by atoms with Crippen LogP contribution in [0.5, 0.6) is 5.75 Å². The Labute approximate surface area is 95.0 Å². The Kier molecular flexibility index (Phi) is 2.86. The summed E-state index contributed by atoms with van der Waals surface area (Å²) in [4.78, 5) is 10.8. The van der Waals surface area contributed by atoms with Crippen LogP contribution in [0.3, 0.4) is 0 Å². The van der Waals surface area contributed by atoms with Gasteiger partial charge in [-0.3, -0.25) is 4.79 Å². The maximum atomic E-state index is 10.8. The molecule has 1 heterocycles. The van der Waals surface area contributed by atoms with Gasteiger partial charge in [-0.15, -0.1) is 0 Å². The number of ether oxygens (including phenoxy) is 1. The lowest BCUT2D eigenvalue weighted by Crippen LogP contribution is -2.18. The van der Waals surface area contributed by atoms with Crippen molar-refractivity contribution >= 4 is 5.97 Å². The van der Waals surface area contributed by atoms with Gasteiger partial charge in [0.2, 0.25) is 0 Å². The molecule has 0 amide bonds. The minimum Gasteiger partial charge on any atom is -0.493 e. The van der Waals surface area contributed by atoms with E-state index < -0.39 is 5.97 Å². The van der Waals surface area contributed by atoms with E-state index in [2.05, 4.69) is 0 Å². The van der Waals surface area contributed by atoms with Crippen LogP contribution in [0.1, 0.15) is 35.4 Å². The van der Waals surface area contributed by atoms with Crippen molar-refractivity contribution in [3.8, 4) is 5.75 Å². The molecule has 16 heavy (non-hydrogen) atoms. The maximum absolute atomic E-state index is 10.8. The van der Waals surface area contributed by atoms with Gasteiger partial charge < -0.3 is 9.84 Å². The monoisotopic (exact) mass is 220 g/mol. The number of carboxylic acids is 1. The van der Waals surface area contributed by atoms with Crippen LogP contribution in [0.15, 0.2) is 12.1 Å². The Morgan fingerprint density at radius 1 is 1.44 bits per heavy atom. The van der Waals surface area contributed by atoms with Crippen molar-refractivity contribution in [3.05, 3.63) is 28.8 Å². The van der Waals surface area contributed by atoms with Gasteiger partial charge in [0.25, 0.3) is 0 Å². The third kappa shape index (κ3) is 1.90. The number of rotatable bonds is 2. The summed E-state index contributed by atoms with van der Waals surface area (Å²) in [5.74, 6) is 0.261. The third-order valence-corrected chi connectivity index (χ3v) is 3.15. The first-order chi connectivity index (χ1) is 7.59. The number of aryl methyl sites for hydroxylation is 2. The van der Waals surface area contributed by atoms with Crippen molar-refractivity contribution in [2.45, 2.75) is 32.6 Å². The molecule has 3 heteroatoms. The molecule has 2 rings (SSSR count). The number of hydrogen-bond acceptors (Lipinski definition) is 2. The molecule has 0 saturated carbocycles. The van der Waals surface area contributed by atoms with Crippen molar-refractivity contribution in [1.82, 2.24) is 0 Å². The normalized spacial score (nSPS) is 18.8. The highest BCUT2D eigenvalue weighted by molar-refractivity contribution is 5.69. The van der Waals surface area contributed by atoms with Crippen LogP contribution in [-0.2, 0) is 4.79 Å². The van der Waals surface area contributed by atoms with Crippen molar-refractivity contribution in [2.75, 3.05) is 6.61 Å². The van der Waals surface area contributed by atoms with Crippen molar-refractivity contribution in [2.24, 2.45) is 0 Å². The second-order valence-corrected chi connectivity index (χ2v) is 4.37. The highest BCUT2D eigenvalue weighted by Gasteiger charge is 2.26. The van der Waals surface area contributed by atoms with Gasteiger partial charge in [-0.25, -0.2) is 0 Å². The van der Waals surface area contributed by atoms with Gasteiger partial charge in [-0.2, -0.15) is 0 Å². The van der Waals surface area contributed by atoms with Crippen LogP contribution in [0.25, 0.3) is 0 Å². The van der Waals surface area contributed by atoms with E-state index in [0.29, 0.717) is 6.61 Å². The first-order valence-corrected chi connectivity index (χ1v) is 5.54. The fraction of sp³-hybridized carbons (Fsp3) is 0.462. The predicted molar refractivity (Wildman–Crippen MR) is 61.0 cm³/mol. The van der Waals surface area contributed by atoms with Gasteiger partial charge >= 0.3 is 5.97 Å². The molecule has 86 valence electrons. The molecule has 0 aliphatic carbocycles. The summed E-state index contributed by atoms with van der Waals surface area (Å²) >= 11 is 0. The molecule has 3 nitrogen and oxygen atoms in total. The molecule has 1 aliphatic rings. The van der Waals surface area contributed by atoms with Crippen LogP contribution in [0, 0.1) is 13.8 Å². The molecule has 0 radical (unpaired) electrons. The summed E-state index contributed by atoms with van der Waals surface area (Å²) in [5.41, 5.74) is 3.32. The van der Waals surface area contributed by atoms with Gasteiger partial charge in [0.15, 0.2) is 0 Å². The van der Waals surface area contributed by atoms with Crippen LogP contribution in [0.2, 0.25) is 0 Å². The number of hydrogen-bond donors (Lipinski definition) is 1. The molecule has 0 spiro atoms. The second kappa shape index (κ2) is 4.16. The van der Waals surface area contributed by atoms with Gasteiger partial charge in [0.05, 0.1) is 13.0 Å². The van der Waals surface area contributed by atoms with Gasteiger partial charge in [-0.1, -0.05) is 12.1 Å². The summed E-state index contributed by atoms with van der Waals surface area (Å²) in [7, 11) is 0. The number of carbonyl (C=O) groups is 1. The minimum absolute atomic E-state index is 0.0983. The predicted octanol–water partition coefficient (Wildman–Crippen LogP) is 2.64. The van der Waals surface area contributed by atoms with E-state index in [1.54, 1.807) is 0 Å². The topological polar surface area (TPSA) is 46.5 Å². The summed E-state index contributed by atoms with van der Waals surface area (Å²) in [6, 6.07) is 4.06. The largest absolute Gasteiger partial charge is 0.493 e. The van der Waals surface area contributed by atoms with E-state index in [4.69, 9.17) is 9.84 Å². The van der Waals surface area contributed by atoms with Crippen LogP contribution < -0.4 is 4.74 Å². The van der Waals surface area contributed by atoms with Crippen LogP contribution in [-0.4, -0.2) is 17.7 Å². The second-order valence-electron chi connectivity index (χ2n) is 4.37. The van der Waals surface area contributed by atoms with Crippen molar-refractivity contribution in [1.29, 1.82) is 0 Å². The fourth-order valence-corrected chi connectivity index (χ4v) is 2.37. The Balaban J connectivity index is 2.44. The molecular weight excluding hydrogens is 204 g/mol. The Bertz CT molecular complexity index is 423. The highest BCUT2D eigenvalue weighted by Crippen LogP contribution is 2.39. The van der Waals surface area contributed by atoms with E-state index in [1.807, 2.05) is 26.0 Å². The summed E-state index contributed by atoms with van der Waals surface area (Å²) in [5, 5.41) is 8.91. The zero-order valence-electron chi connectivity index (χ0n) is 9.62. The van der Waals surface area contributed by atoms with Crippen molar-refractivity contribution < 1.29 is 14.6 Å². The van der Waals surface area contributed by atoms with E-state index in [9.17, 15) is 4.79 Å². The average molecular weight is 220 g/mol. The van der Waals surface area contributed by atoms with Gasteiger partial charge in [0, 0.05) is 11.5 Å². The molecule has 1 N–H and O–H groups in total. The van der Waals surface area contributed by atoms with E-state index in [-0.39, 0.29) is 12.3 Å². The number of fused-ring (bicyclic) bond motifs is 1. The van der Waals surface area contributed by atoms with Gasteiger partial charge in [-0.05, 0) is 31.4 Å². The Hall–Kier alpha value is -1.51. The zero-order valence-corrected chi connectivity index (χ0v) is 9.62. The third-order valence-electron chi connectivity index (χ3n) is 3.15. The standard InChI is InChI=1S/C13H16O3/c1-8-3-4-9(2)13-12(8)10(5-6-16-13)7-11(14)15/h3-4,10H,5-7H2,1-2H3,(H,14,15). The maximum Gasteiger partial charge on any atom is 0.303 e. The van der Waals surface area contributed by atoms with E-state index in [1.165, 1.54) is 0 Å². The molecule has 0 fully saturated rings. The molecule has 1 aliphatic heterocycles. The Morgan fingerprint density at radius 3 is 2.81 bits per heavy atom. The number of benzene rings is 1. The molecular formula is C13H16O3. The van der Waals surface area contributed by atoms with E-state index in [0.717, 1.165) is 28.9 Å². The molecule has 1 atom stereocenters. The van der Waals surface area contributed by atoms with Crippen molar-refractivity contribution in [3.63, 3.8) is 0 Å². The SMILES string of the molecule is Cc1ccc(C)c2c1OCCC2CC(=O)O. The van der Waals surface area contributed by atoms with E-state index >= 15 is 0 Å². The fourth-order valence-electron chi connectivity index (χ4n) is 2.37. The first kappa shape index (κ1) is 11.0. The first-order valence-electron chi connectivity index (χ1n) is 5.54. The summed E-state index contributed by atoms with van der Waals surface area (Å²) in [6.07, 6.45) is 0.990. The Morgan fingerprint density at radius 2 is 2.12 bits per heavy atom. The summed E-state index contributed by atoms with van der Waals surface area (Å²) in [6.45, 7) is 4.64. The zero-order chi connectivity index (χ0) is 11.7. The lowest BCUT2D eigenvalue weighted by atomic mass is 9.86. The lowest BCUT2D eigenvalue weighted by molar-refractivity contribution is -0.137. The smallest absolute Gasteiger partial charge is 0.303 e. The molecule has 0 bridgehead atoms. The molecule has 1 aromatic rings. The lowest BCUT2D eigenvalue weighted by Gasteiger charge is -2.27. The number of carboxylic acid groups (broad SMARTS) is 1. The van der Waals surface area contributed by atoms with Crippen LogP contribution in [0.4, 0.5) is 0 Å².